The molecule has 0 saturated carbocycles. The minimum atomic E-state index is -0.581. The second kappa shape index (κ2) is 9.14. The molecule has 3 N–H and O–H groups in total. The number of aryl methyl sites for hydroxylation is 1. The maximum atomic E-state index is 12.7. The molecule has 2 unspecified atom stereocenters. The fraction of sp³-hybridized carbons (Fsp3) is 0.688. The second-order valence-electron chi connectivity index (χ2n) is 6.96. The van der Waals surface area contributed by atoms with Crippen LogP contribution in [0.4, 0.5) is 5.69 Å². The van der Waals surface area contributed by atoms with Gasteiger partial charge in [-0.1, -0.05) is 0 Å². The van der Waals surface area contributed by atoms with E-state index in [1.807, 2.05) is 0 Å². The predicted octanol–water partition coefficient (Wildman–Crippen LogP) is 0.769. The van der Waals surface area contributed by atoms with Crippen LogP contribution in [0.5, 0.6) is 0 Å². The summed E-state index contributed by atoms with van der Waals surface area (Å²) in [7, 11) is 0. The lowest BCUT2D eigenvalue weighted by molar-refractivity contribution is -0.385. The Morgan fingerprint density at radius 2 is 2.15 bits per heavy atom. The lowest BCUT2D eigenvalue weighted by Gasteiger charge is -2.32. The number of carbonyl (C=O) groups is 2. The molecule has 2 saturated heterocycles. The van der Waals surface area contributed by atoms with Crippen molar-refractivity contribution in [3.63, 3.8) is 0 Å². The molecular weight excluding hydrogens is 376 g/mol. The molecule has 2 aliphatic rings. The number of amides is 2. The molecule has 0 radical (unpaired) electrons. The van der Waals surface area contributed by atoms with E-state index < -0.39 is 10.8 Å². The van der Waals surface area contributed by atoms with Crippen LogP contribution in [-0.2, 0) is 4.79 Å². The highest BCUT2D eigenvalue weighted by Crippen LogP contribution is 2.24. The van der Waals surface area contributed by atoms with E-state index in [0.717, 1.165) is 32.2 Å². The van der Waals surface area contributed by atoms with E-state index in [1.54, 1.807) is 4.90 Å². The second-order valence-corrected chi connectivity index (χ2v) is 6.96. The average Bonchev–Trinajstić information content (AvgIpc) is 3.29. The zero-order valence-corrected chi connectivity index (χ0v) is 16.0. The van der Waals surface area contributed by atoms with Gasteiger partial charge < -0.3 is 15.5 Å². The largest absolute Gasteiger partial charge is 0.354 e. The van der Waals surface area contributed by atoms with E-state index in [4.69, 9.17) is 0 Å². The summed E-state index contributed by atoms with van der Waals surface area (Å²) in [6, 6.07) is -0.119. The van der Waals surface area contributed by atoms with E-state index >= 15 is 0 Å². The monoisotopic (exact) mass is 400 g/mol. The summed E-state index contributed by atoms with van der Waals surface area (Å²) >= 11 is 0. The first-order chi connectivity index (χ1) is 12.5. The molecule has 150 valence electrons. The molecular formula is C16H25ClN6O4. The molecule has 1 aromatic rings. The number of piperidine rings is 1. The molecule has 1 aromatic heterocycles. The van der Waals surface area contributed by atoms with Gasteiger partial charge in [0, 0.05) is 19.6 Å². The summed E-state index contributed by atoms with van der Waals surface area (Å²) in [4.78, 5) is 37.0. The number of H-pyrrole nitrogens is 1. The summed E-state index contributed by atoms with van der Waals surface area (Å²) in [5.74, 6) is -0.295. The van der Waals surface area contributed by atoms with Gasteiger partial charge in [-0.3, -0.25) is 24.8 Å². The van der Waals surface area contributed by atoms with Gasteiger partial charge in [-0.2, -0.15) is 5.10 Å². The summed E-state index contributed by atoms with van der Waals surface area (Å²) in [5.41, 5.74) is -0.145. The Morgan fingerprint density at radius 1 is 1.37 bits per heavy atom. The number of likely N-dealkylation sites (tertiary alicyclic amines) is 1. The average molecular weight is 401 g/mol. The van der Waals surface area contributed by atoms with Crippen molar-refractivity contribution < 1.29 is 14.5 Å². The Labute approximate surface area is 163 Å². The number of carbonyl (C=O) groups excluding carboxylic acids is 2. The molecule has 2 atom stereocenters. The number of nitrogens with one attached hydrogen (secondary N) is 3. The number of hydrogen-bond acceptors (Lipinski definition) is 6. The van der Waals surface area contributed by atoms with Crippen molar-refractivity contribution in [1.82, 2.24) is 25.7 Å². The first kappa shape index (κ1) is 21.1. The maximum absolute atomic E-state index is 12.7. The standard InChI is InChI=1S/C16H24N6O4.ClH/c1-10-14(22(25)26)13(20-19-10)16(24)21-7-3-4-11(9-21)8-18-15(23)12-5-2-6-17-12;/h11-12,17H,2-9H2,1H3,(H,18,23)(H,19,20);1H. The molecule has 2 aliphatic heterocycles. The number of aromatic nitrogens is 2. The molecule has 2 fully saturated rings. The van der Waals surface area contributed by atoms with Crippen LogP contribution in [-0.4, -0.2) is 64.1 Å². The third-order valence-electron chi connectivity index (χ3n) is 5.05. The molecule has 27 heavy (non-hydrogen) atoms. The summed E-state index contributed by atoms with van der Waals surface area (Å²) in [5, 5.41) is 23.6. The van der Waals surface area contributed by atoms with E-state index in [9.17, 15) is 19.7 Å². The fourth-order valence-corrected chi connectivity index (χ4v) is 3.64. The number of halogens is 1. The van der Waals surface area contributed by atoms with Gasteiger partial charge in [-0.25, -0.2) is 0 Å². The number of rotatable bonds is 5. The zero-order chi connectivity index (χ0) is 18.7. The molecule has 0 aromatic carbocycles. The van der Waals surface area contributed by atoms with Crippen LogP contribution in [0.3, 0.4) is 0 Å². The van der Waals surface area contributed by atoms with Crippen molar-refractivity contribution in [3.8, 4) is 0 Å². The Hall–Kier alpha value is -2.20. The van der Waals surface area contributed by atoms with Crippen LogP contribution in [0.25, 0.3) is 0 Å². The van der Waals surface area contributed by atoms with E-state index in [0.29, 0.717) is 19.6 Å². The Bertz CT molecular complexity index is 703. The Balaban J connectivity index is 0.00000261. The van der Waals surface area contributed by atoms with Crippen molar-refractivity contribution in [2.45, 2.75) is 38.6 Å². The summed E-state index contributed by atoms with van der Waals surface area (Å²) in [6.45, 7) is 3.89. The summed E-state index contributed by atoms with van der Waals surface area (Å²) in [6.07, 6.45) is 3.56. The Kier molecular flexibility index (Phi) is 7.14. The highest BCUT2D eigenvalue weighted by molar-refractivity contribution is 5.96. The quantitative estimate of drug-likeness (QED) is 0.493. The molecule has 2 amide bonds. The first-order valence-corrected chi connectivity index (χ1v) is 8.97. The molecule has 3 rings (SSSR count). The van der Waals surface area contributed by atoms with Crippen LogP contribution in [0.1, 0.15) is 41.9 Å². The van der Waals surface area contributed by atoms with Gasteiger partial charge in [-0.15, -0.1) is 12.4 Å². The number of nitro groups is 1. The lowest BCUT2D eigenvalue weighted by atomic mass is 9.97. The zero-order valence-electron chi connectivity index (χ0n) is 15.2. The SMILES string of the molecule is Cc1[nH]nc(C(=O)N2CCCC(CNC(=O)C3CCCN3)C2)c1[N+](=O)[O-].Cl. The van der Waals surface area contributed by atoms with Gasteiger partial charge in [-0.05, 0) is 45.1 Å². The van der Waals surface area contributed by atoms with Crippen LogP contribution in [0, 0.1) is 23.0 Å². The van der Waals surface area contributed by atoms with Crippen molar-refractivity contribution in [2.24, 2.45) is 5.92 Å². The predicted molar refractivity (Wildman–Crippen MR) is 99.9 cm³/mol. The first-order valence-electron chi connectivity index (χ1n) is 8.97. The highest BCUT2D eigenvalue weighted by Gasteiger charge is 2.33. The maximum Gasteiger partial charge on any atom is 0.322 e. The lowest BCUT2D eigenvalue weighted by Crippen LogP contribution is -2.46. The molecule has 10 nitrogen and oxygen atoms in total. The van der Waals surface area contributed by atoms with E-state index in [1.165, 1.54) is 6.92 Å². The Morgan fingerprint density at radius 3 is 2.81 bits per heavy atom. The smallest absolute Gasteiger partial charge is 0.322 e. The van der Waals surface area contributed by atoms with Crippen molar-refractivity contribution >= 4 is 29.9 Å². The number of aromatic amines is 1. The van der Waals surface area contributed by atoms with Crippen molar-refractivity contribution in [1.29, 1.82) is 0 Å². The van der Waals surface area contributed by atoms with Crippen LogP contribution in [0.2, 0.25) is 0 Å². The van der Waals surface area contributed by atoms with Crippen LogP contribution >= 0.6 is 12.4 Å². The van der Waals surface area contributed by atoms with Crippen molar-refractivity contribution in [3.05, 3.63) is 21.5 Å². The molecule has 0 aliphatic carbocycles. The highest BCUT2D eigenvalue weighted by atomic mass is 35.5. The number of nitrogens with zero attached hydrogens (tertiary/aromatic N) is 3. The molecule has 3 heterocycles. The normalized spacial score (nSPS) is 22.2. The van der Waals surface area contributed by atoms with Gasteiger partial charge in [0.2, 0.25) is 11.6 Å². The minimum Gasteiger partial charge on any atom is -0.354 e. The van der Waals surface area contributed by atoms with Crippen LogP contribution in [0.15, 0.2) is 0 Å². The minimum absolute atomic E-state index is 0. The van der Waals surface area contributed by atoms with Gasteiger partial charge in [0.25, 0.3) is 5.91 Å². The molecule has 11 heteroatoms. The molecule has 0 bridgehead atoms. The van der Waals surface area contributed by atoms with Gasteiger partial charge in [0.15, 0.2) is 0 Å². The topological polar surface area (TPSA) is 133 Å². The van der Waals surface area contributed by atoms with Crippen LogP contribution < -0.4 is 10.6 Å². The van der Waals surface area contributed by atoms with Crippen molar-refractivity contribution in [2.75, 3.05) is 26.2 Å². The van der Waals surface area contributed by atoms with Gasteiger partial charge in [0.05, 0.1) is 11.0 Å². The fourth-order valence-electron chi connectivity index (χ4n) is 3.64. The third-order valence-corrected chi connectivity index (χ3v) is 5.05. The summed E-state index contributed by atoms with van der Waals surface area (Å²) < 4.78 is 0. The van der Waals surface area contributed by atoms with Gasteiger partial charge >= 0.3 is 5.69 Å². The van der Waals surface area contributed by atoms with Gasteiger partial charge in [0.1, 0.15) is 5.69 Å². The molecule has 0 spiro atoms. The number of hydrogen-bond donors (Lipinski definition) is 3. The van der Waals surface area contributed by atoms with E-state index in [-0.39, 0.29) is 47.3 Å². The van der Waals surface area contributed by atoms with E-state index in [2.05, 4.69) is 20.8 Å². The third kappa shape index (κ3) is 4.75.